The van der Waals surface area contributed by atoms with Gasteiger partial charge in [-0.25, -0.2) is 0 Å². The molecule has 1 aromatic rings. The number of rotatable bonds is 6. The summed E-state index contributed by atoms with van der Waals surface area (Å²) >= 11 is 0. The second kappa shape index (κ2) is 6.69. The van der Waals surface area contributed by atoms with Crippen LogP contribution in [0.4, 0.5) is 0 Å². The first kappa shape index (κ1) is 13.3. The molecule has 1 unspecified atom stereocenters. The van der Waals surface area contributed by atoms with Crippen molar-refractivity contribution in [2.75, 3.05) is 6.61 Å². The van der Waals surface area contributed by atoms with Gasteiger partial charge in [0.05, 0.1) is 6.61 Å². The molecule has 0 heterocycles. The molecule has 0 N–H and O–H groups in total. The topological polar surface area (TPSA) is 26.3 Å². The highest BCUT2D eigenvalue weighted by molar-refractivity contribution is 5.99. The summed E-state index contributed by atoms with van der Waals surface area (Å²) in [6.07, 6.45) is 5.63. The fraction of sp³-hybridized carbons (Fsp3) is 0.562. The molecule has 2 nitrogen and oxygen atoms in total. The van der Waals surface area contributed by atoms with Crippen LogP contribution in [0, 0.1) is 5.92 Å². The van der Waals surface area contributed by atoms with Crippen molar-refractivity contribution in [2.24, 2.45) is 5.92 Å². The Morgan fingerprint density at radius 1 is 1.28 bits per heavy atom. The summed E-state index contributed by atoms with van der Waals surface area (Å²) in [6, 6.07) is 9.46. The maximum atomic E-state index is 12.3. The van der Waals surface area contributed by atoms with Gasteiger partial charge in [0.1, 0.15) is 6.10 Å². The molecule has 1 aliphatic carbocycles. The van der Waals surface area contributed by atoms with Crippen molar-refractivity contribution in [3.8, 4) is 0 Å². The van der Waals surface area contributed by atoms with Crippen LogP contribution in [0.15, 0.2) is 30.3 Å². The highest BCUT2D eigenvalue weighted by Gasteiger charge is 2.22. The number of hydrogen-bond donors (Lipinski definition) is 0. The van der Waals surface area contributed by atoms with E-state index in [9.17, 15) is 4.79 Å². The lowest BCUT2D eigenvalue weighted by molar-refractivity contribution is 0.0265. The van der Waals surface area contributed by atoms with E-state index in [1.807, 2.05) is 37.3 Å². The lowest BCUT2D eigenvalue weighted by Gasteiger charge is -2.17. The Hall–Kier alpha value is -1.15. The molecule has 0 aromatic heterocycles. The van der Waals surface area contributed by atoms with Gasteiger partial charge in [-0.05, 0) is 25.2 Å². The number of carbonyl (C=O) groups is 1. The van der Waals surface area contributed by atoms with Crippen molar-refractivity contribution in [3.05, 3.63) is 35.9 Å². The summed E-state index contributed by atoms with van der Waals surface area (Å²) in [6.45, 7) is 2.76. The third-order valence-electron chi connectivity index (χ3n) is 3.73. The van der Waals surface area contributed by atoms with Crippen LogP contribution in [0.3, 0.4) is 0 Å². The van der Waals surface area contributed by atoms with E-state index in [1.165, 1.54) is 25.7 Å². The smallest absolute Gasteiger partial charge is 0.191 e. The van der Waals surface area contributed by atoms with Crippen molar-refractivity contribution in [1.82, 2.24) is 0 Å². The number of carbonyl (C=O) groups excluding carboxylic acids is 1. The van der Waals surface area contributed by atoms with Crippen LogP contribution in [-0.4, -0.2) is 18.5 Å². The molecule has 0 amide bonds. The number of hydrogen-bond acceptors (Lipinski definition) is 2. The molecule has 1 aromatic carbocycles. The maximum absolute atomic E-state index is 12.3. The van der Waals surface area contributed by atoms with Gasteiger partial charge in [-0.15, -0.1) is 0 Å². The van der Waals surface area contributed by atoms with Gasteiger partial charge in [-0.1, -0.05) is 50.1 Å². The van der Waals surface area contributed by atoms with Crippen LogP contribution < -0.4 is 0 Å². The van der Waals surface area contributed by atoms with E-state index in [4.69, 9.17) is 4.74 Å². The van der Waals surface area contributed by atoms with Crippen LogP contribution in [0.5, 0.6) is 0 Å². The highest BCUT2D eigenvalue weighted by Crippen LogP contribution is 2.25. The Morgan fingerprint density at radius 3 is 2.56 bits per heavy atom. The summed E-state index contributed by atoms with van der Waals surface area (Å²) < 4.78 is 5.84. The van der Waals surface area contributed by atoms with Gasteiger partial charge in [0.15, 0.2) is 5.78 Å². The van der Waals surface area contributed by atoms with E-state index in [-0.39, 0.29) is 11.9 Å². The molecule has 98 valence electrons. The molecule has 2 heteroatoms. The van der Waals surface area contributed by atoms with Crippen molar-refractivity contribution < 1.29 is 9.53 Å². The second-order valence-electron chi connectivity index (χ2n) is 5.11. The molecule has 0 spiro atoms. The fourth-order valence-corrected chi connectivity index (χ4v) is 2.60. The molecule has 18 heavy (non-hydrogen) atoms. The number of benzene rings is 1. The van der Waals surface area contributed by atoms with Crippen LogP contribution >= 0.6 is 0 Å². The van der Waals surface area contributed by atoms with Crippen molar-refractivity contribution in [3.63, 3.8) is 0 Å². The van der Waals surface area contributed by atoms with Crippen LogP contribution in [0.1, 0.15) is 49.4 Å². The lowest BCUT2D eigenvalue weighted by atomic mass is 10.0. The maximum Gasteiger partial charge on any atom is 0.191 e. The third kappa shape index (κ3) is 3.42. The van der Waals surface area contributed by atoms with Gasteiger partial charge in [0.2, 0.25) is 0 Å². The zero-order chi connectivity index (χ0) is 12.8. The Balaban J connectivity index is 1.89. The van der Waals surface area contributed by atoms with Crippen molar-refractivity contribution >= 4 is 5.78 Å². The van der Waals surface area contributed by atoms with Gasteiger partial charge < -0.3 is 4.74 Å². The van der Waals surface area contributed by atoms with Crippen molar-refractivity contribution in [2.45, 2.75) is 45.1 Å². The molecular weight excluding hydrogens is 224 g/mol. The van der Waals surface area contributed by atoms with Gasteiger partial charge in [-0.2, -0.15) is 0 Å². The van der Waals surface area contributed by atoms with Crippen LogP contribution in [-0.2, 0) is 4.74 Å². The minimum absolute atomic E-state index is 0.121. The van der Waals surface area contributed by atoms with Crippen LogP contribution in [0.25, 0.3) is 0 Å². The van der Waals surface area contributed by atoms with E-state index in [0.29, 0.717) is 5.92 Å². The zero-order valence-corrected chi connectivity index (χ0v) is 11.1. The number of Topliss-reactive ketones (excluding diaryl/α,β-unsaturated/α-hetero) is 1. The Kier molecular flexibility index (Phi) is 4.94. The van der Waals surface area contributed by atoms with Gasteiger partial charge in [0.25, 0.3) is 0 Å². The van der Waals surface area contributed by atoms with Gasteiger partial charge in [-0.3, -0.25) is 4.79 Å². The van der Waals surface area contributed by atoms with Crippen LogP contribution in [0.2, 0.25) is 0 Å². The Bertz CT molecular complexity index is 366. The average Bonchev–Trinajstić information content (AvgIpc) is 2.93. The predicted molar refractivity (Wildman–Crippen MR) is 72.8 cm³/mol. The first-order valence-electron chi connectivity index (χ1n) is 7.02. The number of ether oxygens (including phenoxy) is 1. The first-order chi connectivity index (χ1) is 8.81. The summed E-state index contributed by atoms with van der Waals surface area (Å²) in [5, 5.41) is 0. The molecule has 1 aliphatic rings. The average molecular weight is 246 g/mol. The van der Waals surface area contributed by atoms with E-state index in [0.717, 1.165) is 18.6 Å². The lowest BCUT2D eigenvalue weighted by Crippen LogP contribution is -2.25. The Morgan fingerprint density at radius 2 is 1.94 bits per heavy atom. The van der Waals surface area contributed by atoms with Crippen molar-refractivity contribution in [1.29, 1.82) is 0 Å². The standard InChI is InChI=1S/C16H22O2/c1-2-15(18-12-13-8-6-7-9-13)16(17)14-10-4-3-5-11-14/h3-5,10-11,13,15H,2,6-9,12H2,1H3. The largest absolute Gasteiger partial charge is 0.370 e. The predicted octanol–water partition coefficient (Wildman–Crippen LogP) is 3.85. The molecule has 2 rings (SSSR count). The molecule has 0 radical (unpaired) electrons. The van der Waals surface area contributed by atoms with E-state index in [1.54, 1.807) is 0 Å². The molecule has 1 fully saturated rings. The molecule has 0 aliphatic heterocycles. The summed E-state index contributed by atoms with van der Waals surface area (Å²) in [5.41, 5.74) is 0.760. The van der Waals surface area contributed by atoms with Gasteiger partial charge >= 0.3 is 0 Å². The van der Waals surface area contributed by atoms with Gasteiger partial charge in [0, 0.05) is 5.56 Å². The van der Waals surface area contributed by atoms with E-state index in [2.05, 4.69) is 0 Å². The normalized spacial score (nSPS) is 17.8. The monoisotopic (exact) mass is 246 g/mol. The SMILES string of the molecule is CCC(OCC1CCCC1)C(=O)c1ccccc1. The summed E-state index contributed by atoms with van der Waals surface area (Å²) in [4.78, 5) is 12.3. The highest BCUT2D eigenvalue weighted by atomic mass is 16.5. The minimum Gasteiger partial charge on any atom is -0.370 e. The molecule has 0 saturated heterocycles. The number of ketones is 1. The Labute approximate surface area is 109 Å². The van der Waals surface area contributed by atoms with E-state index < -0.39 is 0 Å². The summed E-state index contributed by atoms with van der Waals surface area (Å²) in [5.74, 6) is 0.790. The van der Waals surface area contributed by atoms with E-state index >= 15 is 0 Å². The first-order valence-corrected chi connectivity index (χ1v) is 7.02. The third-order valence-corrected chi connectivity index (χ3v) is 3.73. The minimum atomic E-state index is -0.270. The fourth-order valence-electron chi connectivity index (χ4n) is 2.60. The quantitative estimate of drug-likeness (QED) is 0.712. The molecule has 1 saturated carbocycles. The summed E-state index contributed by atoms with van der Waals surface area (Å²) in [7, 11) is 0. The molecular formula is C16H22O2. The molecule has 1 atom stereocenters. The second-order valence-corrected chi connectivity index (χ2v) is 5.11. The zero-order valence-electron chi connectivity index (χ0n) is 11.1. The molecule has 0 bridgehead atoms.